The standard InChI is InChI=1S/C21H22N4O5/c1-3-29-21(28)17-13-24-25(14(17)2)16-8-6-15(7-9-16)19(26)22-10-11-23-20(27)18-5-4-12-30-18/h4-9,12-13H,3,10-11H2,1-2H3,(H,22,26)(H,23,27). The summed E-state index contributed by atoms with van der Waals surface area (Å²) in [6, 6.07) is 9.99. The molecule has 0 saturated heterocycles. The number of carbonyl (C=O) groups is 3. The fourth-order valence-corrected chi connectivity index (χ4v) is 2.78. The Morgan fingerprint density at radius 3 is 2.40 bits per heavy atom. The van der Waals surface area contributed by atoms with Gasteiger partial charge in [-0.15, -0.1) is 0 Å². The first-order valence-corrected chi connectivity index (χ1v) is 9.43. The predicted octanol–water partition coefficient (Wildman–Crippen LogP) is 2.11. The maximum absolute atomic E-state index is 12.3. The van der Waals surface area contributed by atoms with Gasteiger partial charge < -0.3 is 19.8 Å². The van der Waals surface area contributed by atoms with E-state index < -0.39 is 5.97 Å². The third kappa shape index (κ3) is 4.75. The highest BCUT2D eigenvalue weighted by atomic mass is 16.5. The fraction of sp³-hybridized carbons (Fsp3) is 0.238. The molecule has 0 atom stereocenters. The van der Waals surface area contributed by atoms with Gasteiger partial charge in [-0.25, -0.2) is 9.48 Å². The van der Waals surface area contributed by atoms with Gasteiger partial charge in [-0.05, 0) is 50.2 Å². The lowest BCUT2D eigenvalue weighted by atomic mass is 10.2. The molecule has 0 aliphatic carbocycles. The van der Waals surface area contributed by atoms with Gasteiger partial charge in [-0.3, -0.25) is 9.59 Å². The first-order valence-electron chi connectivity index (χ1n) is 9.43. The highest BCUT2D eigenvalue weighted by Gasteiger charge is 2.16. The van der Waals surface area contributed by atoms with E-state index in [1.165, 1.54) is 12.5 Å². The SMILES string of the molecule is CCOC(=O)c1cnn(-c2ccc(C(=O)NCCNC(=O)c3ccco3)cc2)c1C. The molecule has 1 aromatic carbocycles. The summed E-state index contributed by atoms with van der Waals surface area (Å²) in [5.41, 5.74) is 2.23. The number of aromatic nitrogens is 2. The Morgan fingerprint density at radius 1 is 1.07 bits per heavy atom. The van der Waals surface area contributed by atoms with E-state index in [4.69, 9.17) is 9.15 Å². The number of benzene rings is 1. The van der Waals surface area contributed by atoms with Crippen LogP contribution in [0.4, 0.5) is 0 Å². The Bertz CT molecular complexity index is 1020. The molecule has 0 bridgehead atoms. The van der Waals surface area contributed by atoms with Crippen molar-refractivity contribution in [1.29, 1.82) is 0 Å². The number of nitrogens with zero attached hydrogens (tertiary/aromatic N) is 2. The number of ether oxygens (including phenoxy) is 1. The van der Waals surface area contributed by atoms with Crippen molar-refractivity contribution in [2.75, 3.05) is 19.7 Å². The van der Waals surface area contributed by atoms with E-state index in [0.717, 1.165) is 0 Å². The number of carbonyl (C=O) groups excluding carboxylic acids is 3. The van der Waals surface area contributed by atoms with Crippen molar-refractivity contribution < 1.29 is 23.5 Å². The summed E-state index contributed by atoms with van der Waals surface area (Å²) < 4.78 is 11.6. The molecule has 9 nitrogen and oxygen atoms in total. The molecule has 0 aliphatic rings. The molecular weight excluding hydrogens is 388 g/mol. The molecule has 2 aromatic heterocycles. The quantitative estimate of drug-likeness (QED) is 0.434. The molecule has 9 heteroatoms. The summed E-state index contributed by atoms with van der Waals surface area (Å²) in [4.78, 5) is 35.9. The Morgan fingerprint density at radius 2 is 1.77 bits per heavy atom. The lowest BCUT2D eigenvalue weighted by molar-refractivity contribution is 0.0525. The number of amides is 2. The monoisotopic (exact) mass is 410 g/mol. The van der Waals surface area contributed by atoms with Gasteiger partial charge in [0, 0.05) is 18.7 Å². The van der Waals surface area contributed by atoms with Gasteiger partial charge in [0.15, 0.2) is 5.76 Å². The Labute approximate surface area is 173 Å². The van der Waals surface area contributed by atoms with Gasteiger partial charge in [0.05, 0.1) is 30.4 Å². The fourth-order valence-electron chi connectivity index (χ4n) is 2.78. The van der Waals surface area contributed by atoms with Gasteiger partial charge in [0.2, 0.25) is 0 Å². The van der Waals surface area contributed by atoms with Crippen LogP contribution < -0.4 is 10.6 Å². The van der Waals surface area contributed by atoms with Gasteiger partial charge in [-0.1, -0.05) is 0 Å². The van der Waals surface area contributed by atoms with Crippen LogP contribution in [0.1, 0.15) is 43.9 Å². The van der Waals surface area contributed by atoms with Crippen molar-refractivity contribution in [2.45, 2.75) is 13.8 Å². The van der Waals surface area contributed by atoms with Crippen molar-refractivity contribution in [2.24, 2.45) is 0 Å². The van der Waals surface area contributed by atoms with Gasteiger partial charge >= 0.3 is 5.97 Å². The zero-order valence-electron chi connectivity index (χ0n) is 16.7. The van der Waals surface area contributed by atoms with Crippen molar-refractivity contribution in [3.8, 4) is 5.69 Å². The van der Waals surface area contributed by atoms with Crippen LogP contribution >= 0.6 is 0 Å². The summed E-state index contributed by atoms with van der Waals surface area (Å²) >= 11 is 0. The van der Waals surface area contributed by atoms with Crippen LogP contribution in [0, 0.1) is 6.92 Å². The molecular formula is C21H22N4O5. The van der Waals surface area contributed by atoms with Crippen molar-refractivity contribution in [1.82, 2.24) is 20.4 Å². The molecule has 2 N–H and O–H groups in total. The molecule has 0 fully saturated rings. The number of nitrogens with one attached hydrogen (secondary N) is 2. The topological polar surface area (TPSA) is 115 Å². The summed E-state index contributed by atoms with van der Waals surface area (Å²) in [6.45, 7) is 4.35. The first-order chi connectivity index (χ1) is 14.5. The highest BCUT2D eigenvalue weighted by Crippen LogP contribution is 2.16. The van der Waals surface area contributed by atoms with Crippen LogP contribution in [0.25, 0.3) is 5.69 Å². The van der Waals surface area contributed by atoms with E-state index in [9.17, 15) is 14.4 Å². The van der Waals surface area contributed by atoms with Crippen LogP contribution in [0.3, 0.4) is 0 Å². The Kier molecular flexibility index (Phi) is 6.63. The molecule has 156 valence electrons. The molecule has 2 amide bonds. The molecule has 0 spiro atoms. The molecule has 0 radical (unpaired) electrons. The van der Waals surface area contributed by atoms with E-state index in [2.05, 4.69) is 15.7 Å². The summed E-state index contributed by atoms with van der Waals surface area (Å²) in [6.07, 6.45) is 2.88. The van der Waals surface area contributed by atoms with Gasteiger partial charge in [0.1, 0.15) is 5.56 Å². The molecule has 0 aliphatic heterocycles. The number of hydrogen-bond acceptors (Lipinski definition) is 6. The molecule has 0 unspecified atom stereocenters. The van der Waals surface area contributed by atoms with Gasteiger partial charge in [-0.2, -0.15) is 5.10 Å². The van der Waals surface area contributed by atoms with Crippen molar-refractivity contribution in [3.05, 3.63) is 71.4 Å². The van der Waals surface area contributed by atoms with E-state index >= 15 is 0 Å². The third-order valence-electron chi connectivity index (χ3n) is 4.32. The average Bonchev–Trinajstić information content (AvgIpc) is 3.41. The van der Waals surface area contributed by atoms with Crippen LogP contribution in [0.15, 0.2) is 53.3 Å². The zero-order chi connectivity index (χ0) is 21.5. The molecule has 30 heavy (non-hydrogen) atoms. The predicted molar refractivity (Wildman–Crippen MR) is 108 cm³/mol. The Hall–Kier alpha value is -3.88. The second-order valence-corrected chi connectivity index (χ2v) is 6.31. The lowest BCUT2D eigenvalue weighted by Crippen LogP contribution is -2.34. The molecule has 2 heterocycles. The Balaban J connectivity index is 1.54. The first kappa shape index (κ1) is 20.8. The molecule has 3 rings (SSSR count). The van der Waals surface area contributed by atoms with Crippen molar-refractivity contribution >= 4 is 17.8 Å². The van der Waals surface area contributed by atoms with Crippen LogP contribution in [0.2, 0.25) is 0 Å². The maximum Gasteiger partial charge on any atom is 0.341 e. The summed E-state index contributed by atoms with van der Waals surface area (Å²) in [7, 11) is 0. The van der Waals surface area contributed by atoms with E-state index in [0.29, 0.717) is 29.1 Å². The minimum absolute atomic E-state index is 0.219. The van der Waals surface area contributed by atoms with E-state index in [-0.39, 0.29) is 30.7 Å². The smallest absolute Gasteiger partial charge is 0.341 e. The van der Waals surface area contributed by atoms with Crippen molar-refractivity contribution in [3.63, 3.8) is 0 Å². The summed E-state index contributed by atoms with van der Waals surface area (Å²) in [5, 5.41) is 9.62. The lowest BCUT2D eigenvalue weighted by Gasteiger charge is -2.08. The van der Waals surface area contributed by atoms with Gasteiger partial charge in [0.25, 0.3) is 11.8 Å². The zero-order valence-corrected chi connectivity index (χ0v) is 16.7. The number of rotatable bonds is 8. The largest absolute Gasteiger partial charge is 0.462 e. The van der Waals surface area contributed by atoms with Crippen LogP contribution in [0.5, 0.6) is 0 Å². The van der Waals surface area contributed by atoms with Crippen LogP contribution in [-0.4, -0.2) is 47.3 Å². The maximum atomic E-state index is 12.3. The number of furan rings is 1. The normalized spacial score (nSPS) is 10.5. The van der Waals surface area contributed by atoms with Crippen LogP contribution in [-0.2, 0) is 4.74 Å². The number of esters is 1. The third-order valence-corrected chi connectivity index (χ3v) is 4.32. The minimum Gasteiger partial charge on any atom is -0.462 e. The average molecular weight is 410 g/mol. The number of hydrogen-bond donors (Lipinski definition) is 2. The molecule has 3 aromatic rings. The highest BCUT2D eigenvalue weighted by molar-refractivity contribution is 5.94. The minimum atomic E-state index is -0.420. The second kappa shape index (κ2) is 9.55. The van der Waals surface area contributed by atoms with E-state index in [1.54, 1.807) is 54.9 Å². The molecule has 0 saturated carbocycles. The van der Waals surface area contributed by atoms with E-state index in [1.807, 2.05) is 0 Å². The second-order valence-electron chi connectivity index (χ2n) is 6.31. The summed E-state index contributed by atoms with van der Waals surface area (Å²) in [5.74, 6) is -0.804.